The number of ether oxygens (including phenoxy) is 2. The Hall–Kier alpha value is -1.47. The van der Waals surface area contributed by atoms with Crippen LogP contribution in [-0.4, -0.2) is 35.8 Å². The molecule has 1 saturated heterocycles. The van der Waals surface area contributed by atoms with Crippen LogP contribution in [0.4, 0.5) is 4.79 Å². The van der Waals surface area contributed by atoms with Crippen molar-refractivity contribution in [2.24, 2.45) is 0 Å². The smallest absolute Gasteiger partial charge is 0.293 e. The predicted molar refractivity (Wildman–Crippen MR) is 94.8 cm³/mol. The molecule has 0 bridgehead atoms. The van der Waals surface area contributed by atoms with Gasteiger partial charge in [0.15, 0.2) is 11.5 Å². The molecule has 2 rings (SSSR count). The SMILES string of the molecule is CCOc1cc(/C=C2/SC(=O)N(CC)C2=O)cc(Br)c1OCC. The molecule has 2 amide bonds. The first-order valence-corrected chi connectivity index (χ1v) is 8.97. The molecule has 0 unspecified atom stereocenters. The molecule has 5 nitrogen and oxygen atoms in total. The van der Waals surface area contributed by atoms with Crippen LogP contribution in [-0.2, 0) is 4.79 Å². The van der Waals surface area contributed by atoms with Crippen LogP contribution in [0, 0.1) is 0 Å². The summed E-state index contributed by atoms with van der Waals surface area (Å²) in [7, 11) is 0. The number of thioether (sulfide) groups is 1. The van der Waals surface area contributed by atoms with E-state index in [9.17, 15) is 9.59 Å². The van der Waals surface area contributed by atoms with Gasteiger partial charge < -0.3 is 9.47 Å². The van der Waals surface area contributed by atoms with E-state index in [2.05, 4.69) is 15.9 Å². The lowest BCUT2D eigenvalue weighted by Gasteiger charge is -2.13. The van der Waals surface area contributed by atoms with Crippen molar-refractivity contribution in [2.45, 2.75) is 20.8 Å². The fourth-order valence-electron chi connectivity index (χ4n) is 2.14. The lowest BCUT2D eigenvalue weighted by Crippen LogP contribution is -2.27. The fraction of sp³-hybridized carbons (Fsp3) is 0.375. The van der Waals surface area contributed by atoms with Crippen molar-refractivity contribution in [3.8, 4) is 11.5 Å². The van der Waals surface area contributed by atoms with Gasteiger partial charge in [-0.05, 0) is 72.2 Å². The molecular formula is C16H18BrNO4S. The van der Waals surface area contributed by atoms with Gasteiger partial charge in [-0.1, -0.05) is 0 Å². The lowest BCUT2D eigenvalue weighted by molar-refractivity contribution is -0.122. The normalized spacial score (nSPS) is 16.3. The zero-order chi connectivity index (χ0) is 17.0. The third-order valence-corrected chi connectivity index (χ3v) is 4.60. The summed E-state index contributed by atoms with van der Waals surface area (Å²) in [4.78, 5) is 25.6. The number of nitrogens with zero attached hydrogens (tertiary/aromatic N) is 1. The Morgan fingerprint density at radius 3 is 2.43 bits per heavy atom. The van der Waals surface area contributed by atoms with Gasteiger partial charge in [0.25, 0.3) is 11.1 Å². The second-order valence-corrected chi connectivity index (χ2v) is 6.47. The van der Waals surface area contributed by atoms with Gasteiger partial charge in [0, 0.05) is 6.54 Å². The number of carbonyl (C=O) groups excluding carboxylic acids is 2. The van der Waals surface area contributed by atoms with Crippen LogP contribution in [0.15, 0.2) is 21.5 Å². The molecule has 0 spiro atoms. The van der Waals surface area contributed by atoms with Crippen molar-refractivity contribution < 1.29 is 19.1 Å². The first-order chi connectivity index (χ1) is 11.0. The summed E-state index contributed by atoms with van der Waals surface area (Å²) < 4.78 is 11.9. The van der Waals surface area contributed by atoms with E-state index in [1.165, 1.54) is 4.90 Å². The number of rotatable bonds is 6. The topological polar surface area (TPSA) is 55.8 Å². The van der Waals surface area contributed by atoms with Crippen molar-refractivity contribution in [1.29, 1.82) is 0 Å². The maximum absolute atomic E-state index is 12.2. The summed E-state index contributed by atoms with van der Waals surface area (Å²) in [6, 6.07) is 3.65. The largest absolute Gasteiger partial charge is 0.490 e. The molecule has 0 aromatic heterocycles. The van der Waals surface area contributed by atoms with Crippen LogP contribution in [0.1, 0.15) is 26.3 Å². The highest BCUT2D eigenvalue weighted by Gasteiger charge is 2.33. The van der Waals surface area contributed by atoms with Crippen molar-refractivity contribution in [2.75, 3.05) is 19.8 Å². The van der Waals surface area contributed by atoms with Crippen molar-refractivity contribution in [3.05, 3.63) is 27.1 Å². The monoisotopic (exact) mass is 399 g/mol. The molecule has 7 heteroatoms. The van der Waals surface area contributed by atoms with Crippen molar-refractivity contribution in [1.82, 2.24) is 4.90 Å². The molecule has 1 aliphatic heterocycles. The van der Waals surface area contributed by atoms with E-state index in [0.717, 1.165) is 21.8 Å². The molecule has 1 aliphatic rings. The zero-order valence-electron chi connectivity index (χ0n) is 13.2. The molecule has 0 N–H and O–H groups in total. The molecule has 1 heterocycles. The van der Waals surface area contributed by atoms with Gasteiger partial charge in [-0.25, -0.2) is 0 Å². The Kier molecular flexibility index (Phi) is 6.12. The molecule has 124 valence electrons. The standard InChI is InChI=1S/C16H18BrNO4S/c1-4-18-15(19)13(23-16(18)20)9-10-7-11(17)14(22-6-3)12(8-10)21-5-2/h7-9H,4-6H2,1-3H3/b13-9+. The fourth-order valence-corrected chi connectivity index (χ4v) is 3.62. The highest BCUT2D eigenvalue weighted by Crippen LogP contribution is 2.39. The average molecular weight is 400 g/mol. The number of imide groups is 1. The number of halogens is 1. The van der Waals surface area contributed by atoms with Crippen LogP contribution in [0.25, 0.3) is 6.08 Å². The van der Waals surface area contributed by atoms with E-state index in [-0.39, 0.29) is 11.1 Å². The van der Waals surface area contributed by atoms with Gasteiger partial charge in [0.2, 0.25) is 0 Å². The van der Waals surface area contributed by atoms with Crippen LogP contribution in [0.2, 0.25) is 0 Å². The highest BCUT2D eigenvalue weighted by molar-refractivity contribution is 9.10. The minimum absolute atomic E-state index is 0.237. The van der Waals surface area contributed by atoms with Gasteiger partial charge in [-0.2, -0.15) is 0 Å². The zero-order valence-corrected chi connectivity index (χ0v) is 15.6. The Labute approximate surface area is 148 Å². The number of amides is 2. The number of benzene rings is 1. The van der Waals surface area contributed by atoms with E-state index < -0.39 is 0 Å². The van der Waals surface area contributed by atoms with Crippen molar-refractivity contribution in [3.63, 3.8) is 0 Å². The van der Waals surface area contributed by atoms with Gasteiger partial charge in [0.1, 0.15) is 0 Å². The Morgan fingerprint density at radius 1 is 1.17 bits per heavy atom. The Balaban J connectivity index is 2.39. The minimum atomic E-state index is -0.259. The van der Waals surface area contributed by atoms with E-state index in [0.29, 0.717) is 36.2 Å². The maximum Gasteiger partial charge on any atom is 0.293 e. The Bertz CT molecular complexity index is 660. The molecule has 0 saturated carbocycles. The summed E-state index contributed by atoms with van der Waals surface area (Å²) in [5.74, 6) is 0.975. The number of hydrogen-bond donors (Lipinski definition) is 0. The molecular weight excluding hydrogens is 382 g/mol. The second-order valence-electron chi connectivity index (χ2n) is 4.62. The number of carbonyl (C=O) groups is 2. The summed E-state index contributed by atoms with van der Waals surface area (Å²) >= 11 is 4.42. The molecule has 23 heavy (non-hydrogen) atoms. The summed E-state index contributed by atoms with van der Waals surface area (Å²) in [5, 5.41) is -0.237. The summed E-state index contributed by atoms with van der Waals surface area (Å²) in [6.45, 7) is 6.97. The van der Waals surface area contributed by atoms with Gasteiger partial charge in [-0.15, -0.1) is 0 Å². The molecule has 1 aromatic carbocycles. The predicted octanol–water partition coefficient (Wildman–Crippen LogP) is 4.30. The molecule has 1 aromatic rings. The number of likely N-dealkylation sites (N-methyl/N-ethyl adjacent to an activating group) is 1. The molecule has 0 aliphatic carbocycles. The van der Waals surface area contributed by atoms with E-state index in [4.69, 9.17) is 9.47 Å². The van der Waals surface area contributed by atoms with Crippen molar-refractivity contribution >= 4 is 44.9 Å². The van der Waals surface area contributed by atoms with Crippen LogP contribution in [0.5, 0.6) is 11.5 Å². The number of hydrogen-bond acceptors (Lipinski definition) is 5. The summed E-state index contributed by atoms with van der Waals surface area (Å²) in [5.41, 5.74) is 0.769. The molecule has 1 fully saturated rings. The first kappa shape index (κ1) is 17.9. The third kappa shape index (κ3) is 3.90. The average Bonchev–Trinajstić information content (AvgIpc) is 2.77. The lowest BCUT2D eigenvalue weighted by atomic mass is 10.2. The first-order valence-electron chi connectivity index (χ1n) is 7.36. The maximum atomic E-state index is 12.2. The van der Waals surface area contributed by atoms with E-state index >= 15 is 0 Å². The minimum Gasteiger partial charge on any atom is -0.490 e. The molecule has 0 atom stereocenters. The van der Waals surface area contributed by atoms with Gasteiger partial charge in [-0.3, -0.25) is 14.5 Å². The van der Waals surface area contributed by atoms with Crippen LogP contribution in [0.3, 0.4) is 0 Å². The summed E-state index contributed by atoms with van der Waals surface area (Å²) in [6.07, 6.45) is 1.70. The highest BCUT2D eigenvalue weighted by atomic mass is 79.9. The third-order valence-electron chi connectivity index (χ3n) is 3.11. The second kappa shape index (κ2) is 7.88. The van der Waals surface area contributed by atoms with E-state index in [1.807, 2.05) is 19.9 Å². The van der Waals surface area contributed by atoms with Crippen LogP contribution < -0.4 is 9.47 Å². The van der Waals surface area contributed by atoms with Gasteiger partial charge in [0.05, 0.1) is 22.6 Å². The Morgan fingerprint density at radius 2 is 1.87 bits per heavy atom. The van der Waals surface area contributed by atoms with E-state index in [1.54, 1.807) is 19.1 Å². The van der Waals surface area contributed by atoms with Gasteiger partial charge >= 0.3 is 0 Å². The quantitative estimate of drug-likeness (QED) is 0.667. The van der Waals surface area contributed by atoms with Crippen LogP contribution >= 0.6 is 27.7 Å². The molecule has 0 radical (unpaired) electrons.